The SMILES string of the molecule is COC(C)Cc1cccc(C2(CC(=O)O)CC2)c1. The highest BCUT2D eigenvalue weighted by molar-refractivity contribution is 5.70. The zero-order valence-electron chi connectivity index (χ0n) is 11.0. The Morgan fingerprint density at radius 2 is 2.22 bits per heavy atom. The van der Waals surface area contributed by atoms with Gasteiger partial charge in [0.25, 0.3) is 0 Å². The summed E-state index contributed by atoms with van der Waals surface area (Å²) in [6.07, 6.45) is 3.28. The molecule has 0 radical (unpaired) electrons. The first-order valence-corrected chi connectivity index (χ1v) is 6.40. The van der Waals surface area contributed by atoms with Crippen molar-refractivity contribution in [1.82, 2.24) is 0 Å². The zero-order valence-corrected chi connectivity index (χ0v) is 11.0. The summed E-state index contributed by atoms with van der Waals surface area (Å²) in [5, 5.41) is 8.98. The molecule has 1 saturated carbocycles. The second-order valence-corrected chi connectivity index (χ2v) is 5.30. The monoisotopic (exact) mass is 248 g/mol. The fourth-order valence-electron chi connectivity index (χ4n) is 2.45. The fraction of sp³-hybridized carbons (Fsp3) is 0.533. The van der Waals surface area contributed by atoms with Crippen LogP contribution in [0.15, 0.2) is 24.3 Å². The lowest BCUT2D eigenvalue weighted by Gasteiger charge is -2.15. The van der Waals surface area contributed by atoms with Gasteiger partial charge in [-0.25, -0.2) is 0 Å². The van der Waals surface area contributed by atoms with E-state index in [1.807, 2.05) is 13.0 Å². The maximum absolute atomic E-state index is 10.9. The van der Waals surface area contributed by atoms with Gasteiger partial charge in [0.05, 0.1) is 12.5 Å². The van der Waals surface area contributed by atoms with Crippen molar-refractivity contribution in [2.45, 2.75) is 44.1 Å². The first-order valence-electron chi connectivity index (χ1n) is 6.40. The average Bonchev–Trinajstić information content (AvgIpc) is 3.09. The summed E-state index contributed by atoms with van der Waals surface area (Å²) in [7, 11) is 1.71. The molecule has 1 aliphatic rings. The highest BCUT2D eigenvalue weighted by Gasteiger charge is 2.45. The molecule has 1 aromatic carbocycles. The van der Waals surface area contributed by atoms with Crippen molar-refractivity contribution in [3.63, 3.8) is 0 Å². The van der Waals surface area contributed by atoms with E-state index in [0.29, 0.717) is 0 Å². The molecule has 1 N–H and O–H groups in total. The fourth-order valence-corrected chi connectivity index (χ4v) is 2.45. The van der Waals surface area contributed by atoms with Crippen molar-refractivity contribution in [1.29, 1.82) is 0 Å². The minimum Gasteiger partial charge on any atom is -0.481 e. The molecule has 18 heavy (non-hydrogen) atoms. The second kappa shape index (κ2) is 5.11. The lowest BCUT2D eigenvalue weighted by molar-refractivity contribution is -0.137. The molecule has 1 unspecified atom stereocenters. The Bertz CT molecular complexity index is 435. The quantitative estimate of drug-likeness (QED) is 0.842. The first-order chi connectivity index (χ1) is 8.55. The van der Waals surface area contributed by atoms with Gasteiger partial charge in [-0.1, -0.05) is 24.3 Å². The van der Waals surface area contributed by atoms with E-state index in [9.17, 15) is 4.79 Å². The Labute approximate surface area is 108 Å². The summed E-state index contributed by atoms with van der Waals surface area (Å²) < 4.78 is 5.27. The number of carboxylic acid groups (broad SMARTS) is 1. The number of methoxy groups -OCH3 is 1. The van der Waals surface area contributed by atoms with Gasteiger partial charge in [0.15, 0.2) is 0 Å². The normalized spacial score (nSPS) is 18.3. The molecule has 0 aromatic heterocycles. The molecule has 1 fully saturated rings. The highest BCUT2D eigenvalue weighted by Crippen LogP contribution is 2.51. The lowest BCUT2D eigenvalue weighted by Crippen LogP contribution is -2.14. The Morgan fingerprint density at radius 1 is 1.50 bits per heavy atom. The Kier molecular flexibility index (Phi) is 3.71. The number of carbonyl (C=O) groups is 1. The summed E-state index contributed by atoms with van der Waals surface area (Å²) in [4.78, 5) is 10.9. The number of hydrogen-bond donors (Lipinski definition) is 1. The Morgan fingerprint density at radius 3 is 2.78 bits per heavy atom. The van der Waals surface area contributed by atoms with Crippen molar-refractivity contribution in [2.75, 3.05) is 7.11 Å². The summed E-state index contributed by atoms with van der Waals surface area (Å²) in [5.74, 6) is -0.705. The van der Waals surface area contributed by atoms with Crippen molar-refractivity contribution in [2.24, 2.45) is 0 Å². The van der Waals surface area contributed by atoms with Crippen LogP contribution in [0.25, 0.3) is 0 Å². The van der Waals surface area contributed by atoms with Crippen LogP contribution in [0, 0.1) is 0 Å². The van der Waals surface area contributed by atoms with Crippen LogP contribution in [0.4, 0.5) is 0 Å². The van der Waals surface area contributed by atoms with Gasteiger partial charge in [0, 0.05) is 12.5 Å². The molecule has 0 amide bonds. The maximum Gasteiger partial charge on any atom is 0.304 e. The lowest BCUT2D eigenvalue weighted by atomic mass is 9.90. The van der Waals surface area contributed by atoms with Gasteiger partial charge >= 0.3 is 5.97 Å². The van der Waals surface area contributed by atoms with Crippen LogP contribution in [0.5, 0.6) is 0 Å². The first kappa shape index (κ1) is 13.1. The maximum atomic E-state index is 10.9. The molecule has 2 rings (SSSR count). The summed E-state index contributed by atoms with van der Waals surface area (Å²) in [6, 6.07) is 8.30. The van der Waals surface area contributed by atoms with Crippen LogP contribution in [0.3, 0.4) is 0 Å². The van der Waals surface area contributed by atoms with Crippen LogP contribution >= 0.6 is 0 Å². The predicted molar refractivity (Wildman–Crippen MR) is 69.8 cm³/mol. The molecule has 3 nitrogen and oxygen atoms in total. The molecule has 3 heteroatoms. The van der Waals surface area contributed by atoms with E-state index in [1.165, 1.54) is 11.1 Å². The molecule has 0 aliphatic heterocycles. The molecule has 0 saturated heterocycles. The molecular formula is C15H20O3. The number of aliphatic carboxylic acids is 1. The summed E-state index contributed by atoms with van der Waals surface area (Å²) >= 11 is 0. The molecule has 1 aliphatic carbocycles. The molecule has 1 atom stereocenters. The van der Waals surface area contributed by atoms with Gasteiger partial charge in [-0.2, -0.15) is 0 Å². The van der Waals surface area contributed by atoms with Crippen molar-refractivity contribution >= 4 is 5.97 Å². The molecule has 0 heterocycles. The molecule has 0 bridgehead atoms. The van der Waals surface area contributed by atoms with Gasteiger partial charge in [0.2, 0.25) is 0 Å². The van der Waals surface area contributed by atoms with Gasteiger partial charge in [-0.05, 0) is 37.3 Å². The minimum absolute atomic E-state index is 0.0991. The van der Waals surface area contributed by atoms with Crippen molar-refractivity contribution < 1.29 is 14.6 Å². The van der Waals surface area contributed by atoms with Crippen molar-refractivity contribution in [3.8, 4) is 0 Å². The van der Waals surface area contributed by atoms with Crippen LogP contribution in [-0.4, -0.2) is 24.3 Å². The number of rotatable bonds is 6. The second-order valence-electron chi connectivity index (χ2n) is 5.30. The highest BCUT2D eigenvalue weighted by atomic mass is 16.5. The van der Waals surface area contributed by atoms with Crippen LogP contribution in [0.2, 0.25) is 0 Å². The van der Waals surface area contributed by atoms with E-state index in [1.54, 1.807) is 7.11 Å². The summed E-state index contributed by atoms with van der Waals surface area (Å²) in [5.41, 5.74) is 2.29. The Hall–Kier alpha value is -1.35. The van der Waals surface area contributed by atoms with Crippen molar-refractivity contribution in [3.05, 3.63) is 35.4 Å². The van der Waals surface area contributed by atoms with Crippen LogP contribution in [-0.2, 0) is 21.4 Å². The zero-order chi connectivity index (χ0) is 13.2. The van der Waals surface area contributed by atoms with Gasteiger partial charge in [-0.15, -0.1) is 0 Å². The van der Waals surface area contributed by atoms with E-state index in [0.717, 1.165) is 19.3 Å². The Balaban J connectivity index is 2.14. The third kappa shape index (κ3) is 2.91. The van der Waals surface area contributed by atoms with E-state index >= 15 is 0 Å². The smallest absolute Gasteiger partial charge is 0.304 e. The predicted octanol–water partition coefficient (Wildman–Crippen LogP) is 2.77. The number of carboxylic acids is 1. The number of ether oxygens (including phenoxy) is 1. The number of benzene rings is 1. The topological polar surface area (TPSA) is 46.5 Å². The molecule has 0 spiro atoms. The molecule has 98 valence electrons. The van der Waals surface area contributed by atoms with Gasteiger partial charge in [0.1, 0.15) is 0 Å². The third-order valence-corrected chi connectivity index (χ3v) is 3.81. The third-order valence-electron chi connectivity index (χ3n) is 3.81. The largest absolute Gasteiger partial charge is 0.481 e. The van der Waals surface area contributed by atoms with Gasteiger partial charge in [-0.3, -0.25) is 4.79 Å². The molecule has 1 aromatic rings. The molecular weight excluding hydrogens is 228 g/mol. The van der Waals surface area contributed by atoms with E-state index in [4.69, 9.17) is 9.84 Å². The average molecular weight is 248 g/mol. The minimum atomic E-state index is -0.705. The van der Waals surface area contributed by atoms with E-state index in [2.05, 4.69) is 18.2 Å². The number of hydrogen-bond acceptors (Lipinski definition) is 2. The standard InChI is InChI=1S/C15H20O3/c1-11(18-2)8-12-4-3-5-13(9-12)15(6-7-15)10-14(16)17/h3-5,9,11H,6-8,10H2,1-2H3,(H,16,17). The van der Waals surface area contributed by atoms with E-state index < -0.39 is 5.97 Å². The van der Waals surface area contributed by atoms with Gasteiger partial charge < -0.3 is 9.84 Å². The summed E-state index contributed by atoms with van der Waals surface area (Å²) in [6.45, 7) is 2.04. The van der Waals surface area contributed by atoms with E-state index in [-0.39, 0.29) is 17.9 Å². The van der Waals surface area contributed by atoms with Crippen LogP contribution < -0.4 is 0 Å². The van der Waals surface area contributed by atoms with Crippen LogP contribution in [0.1, 0.15) is 37.3 Å².